The minimum Gasteiger partial charge on any atom is -0.481 e. The van der Waals surface area contributed by atoms with Gasteiger partial charge in [-0.25, -0.2) is 4.39 Å². The maximum atomic E-state index is 15.5. The van der Waals surface area contributed by atoms with Crippen LogP contribution in [0.2, 0.25) is 5.02 Å². The van der Waals surface area contributed by atoms with Crippen LogP contribution >= 0.6 is 11.6 Å². The number of nitrogens with zero attached hydrogens (tertiary/aromatic N) is 1. The predicted octanol–water partition coefficient (Wildman–Crippen LogP) is 3.67. The summed E-state index contributed by atoms with van der Waals surface area (Å²) in [5.74, 6) is -1.25. The van der Waals surface area contributed by atoms with Gasteiger partial charge in [0.15, 0.2) is 0 Å². The monoisotopic (exact) mass is 395 g/mol. The molecule has 2 saturated heterocycles. The van der Waals surface area contributed by atoms with Crippen LogP contribution in [0.1, 0.15) is 33.3 Å². The van der Waals surface area contributed by atoms with E-state index in [2.05, 4.69) is 0 Å². The van der Waals surface area contributed by atoms with Crippen molar-refractivity contribution in [3.63, 3.8) is 0 Å². The molecule has 5 nitrogen and oxygen atoms in total. The largest absolute Gasteiger partial charge is 0.525 e. The summed E-state index contributed by atoms with van der Waals surface area (Å²) in [6, 6.07) is 7.01. The Balaban J connectivity index is 1.91. The molecule has 0 bridgehead atoms. The smallest absolute Gasteiger partial charge is 0.481 e. The highest BCUT2D eigenvalue weighted by molar-refractivity contribution is 6.55. The first-order chi connectivity index (χ1) is 12.5. The lowest BCUT2D eigenvalue weighted by Gasteiger charge is -2.37. The van der Waals surface area contributed by atoms with E-state index in [0.29, 0.717) is 29.2 Å². The summed E-state index contributed by atoms with van der Waals surface area (Å²) < 4.78 is 27.2. The summed E-state index contributed by atoms with van der Waals surface area (Å²) in [7, 11) is -1.13. The molecule has 0 amide bonds. The van der Waals surface area contributed by atoms with Crippen LogP contribution in [0, 0.1) is 5.92 Å². The number of halogens is 2. The van der Waals surface area contributed by atoms with E-state index in [9.17, 15) is 4.79 Å². The van der Waals surface area contributed by atoms with E-state index in [4.69, 9.17) is 26.0 Å². The average molecular weight is 396 g/mol. The van der Waals surface area contributed by atoms with Gasteiger partial charge in [0, 0.05) is 30.2 Å². The summed E-state index contributed by atoms with van der Waals surface area (Å²) >= 11 is 6.31. The van der Waals surface area contributed by atoms with Gasteiger partial charge >= 0.3 is 13.1 Å². The van der Waals surface area contributed by atoms with Gasteiger partial charge in [-0.1, -0.05) is 29.8 Å². The van der Waals surface area contributed by atoms with E-state index in [1.165, 1.54) is 0 Å². The van der Waals surface area contributed by atoms with Crippen molar-refractivity contribution in [3.05, 3.63) is 40.6 Å². The number of carboxylic acid groups (broad SMARTS) is 1. The fourth-order valence-electron chi connectivity index (χ4n) is 3.16. The molecule has 0 aliphatic carbocycles. The number of benzene rings is 1. The van der Waals surface area contributed by atoms with E-state index in [0.717, 1.165) is 0 Å². The zero-order valence-electron chi connectivity index (χ0n) is 16.0. The van der Waals surface area contributed by atoms with Crippen LogP contribution < -0.4 is 0 Å². The second-order valence-corrected chi connectivity index (χ2v) is 8.53. The van der Waals surface area contributed by atoms with E-state index >= 15 is 4.39 Å². The van der Waals surface area contributed by atoms with Gasteiger partial charge in [0.1, 0.15) is 5.73 Å². The molecule has 2 aliphatic rings. The number of carbonyl (C=O) groups is 1. The molecule has 0 saturated carbocycles. The number of likely N-dealkylation sites (tertiary alicyclic amines) is 1. The highest BCUT2D eigenvalue weighted by Gasteiger charge is 2.53. The fourth-order valence-corrected chi connectivity index (χ4v) is 3.41. The summed E-state index contributed by atoms with van der Waals surface area (Å²) in [6.45, 7) is 8.44. The van der Waals surface area contributed by atoms with Gasteiger partial charge in [-0.3, -0.25) is 9.69 Å². The van der Waals surface area contributed by atoms with Gasteiger partial charge in [0.25, 0.3) is 0 Å². The first-order valence-electron chi connectivity index (χ1n) is 8.96. The zero-order valence-corrected chi connectivity index (χ0v) is 16.7. The first-order valence-corrected chi connectivity index (χ1v) is 9.34. The van der Waals surface area contributed by atoms with Gasteiger partial charge in [0.2, 0.25) is 0 Å². The molecule has 0 atom stereocenters. The van der Waals surface area contributed by atoms with Crippen molar-refractivity contribution in [1.82, 2.24) is 4.90 Å². The molecule has 1 aromatic rings. The van der Waals surface area contributed by atoms with Gasteiger partial charge in [-0.2, -0.15) is 0 Å². The Morgan fingerprint density at radius 1 is 1.26 bits per heavy atom. The molecule has 8 heteroatoms. The van der Waals surface area contributed by atoms with E-state index < -0.39 is 35.9 Å². The van der Waals surface area contributed by atoms with E-state index in [-0.39, 0.29) is 6.54 Å². The summed E-state index contributed by atoms with van der Waals surface area (Å²) in [4.78, 5) is 12.9. The number of rotatable bonds is 5. The molecule has 0 radical (unpaired) electrons. The van der Waals surface area contributed by atoms with Crippen molar-refractivity contribution in [2.75, 3.05) is 19.6 Å². The minimum atomic E-state index is -1.13. The van der Waals surface area contributed by atoms with Gasteiger partial charge in [-0.05, 0) is 39.3 Å². The van der Waals surface area contributed by atoms with Crippen molar-refractivity contribution in [3.8, 4) is 0 Å². The third-order valence-electron chi connectivity index (χ3n) is 5.64. The standard InChI is InChI=1S/C19H24BClFNO4/c1-18(2)19(3,4)27-20(26-18)16(22)14(13-7-5-6-8-15(13)21)11-23-9-12(10-23)17(24)25/h5-8,12H,9-11H2,1-4H3,(H,24,25). The van der Waals surface area contributed by atoms with Crippen molar-refractivity contribution in [2.45, 2.75) is 38.9 Å². The summed E-state index contributed by atoms with van der Waals surface area (Å²) in [5, 5.41) is 9.49. The second-order valence-electron chi connectivity index (χ2n) is 8.12. The van der Waals surface area contributed by atoms with Gasteiger partial charge in [0.05, 0.1) is 17.1 Å². The average Bonchev–Trinajstić information content (AvgIpc) is 2.74. The summed E-state index contributed by atoms with van der Waals surface area (Å²) in [6.07, 6.45) is 0. The Kier molecular flexibility index (Phi) is 5.43. The third-order valence-corrected chi connectivity index (χ3v) is 5.97. The van der Waals surface area contributed by atoms with Crippen LogP contribution in [0.15, 0.2) is 30.0 Å². The van der Waals surface area contributed by atoms with Gasteiger partial charge < -0.3 is 14.4 Å². The predicted molar refractivity (Wildman–Crippen MR) is 103 cm³/mol. The van der Waals surface area contributed by atoms with Crippen LogP contribution in [0.4, 0.5) is 4.39 Å². The summed E-state index contributed by atoms with van der Waals surface area (Å²) in [5.41, 5.74) is -0.925. The van der Waals surface area contributed by atoms with E-state index in [1.807, 2.05) is 32.6 Å². The highest BCUT2D eigenvalue weighted by atomic mass is 35.5. The Morgan fingerprint density at radius 2 is 1.81 bits per heavy atom. The number of aliphatic carboxylic acids is 1. The lowest BCUT2D eigenvalue weighted by Crippen LogP contribution is -2.50. The van der Waals surface area contributed by atoms with Crippen LogP contribution in [0.25, 0.3) is 5.57 Å². The highest BCUT2D eigenvalue weighted by Crippen LogP contribution is 2.41. The molecule has 2 heterocycles. The maximum absolute atomic E-state index is 15.5. The fraction of sp³-hybridized carbons (Fsp3) is 0.526. The normalized spacial score (nSPS) is 23.1. The molecule has 27 heavy (non-hydrogen) atoms. The van der Waals surface area contributed by atoms with Crippen molar-refractivity contribution >= 4 is 30.3 Å². The van der Waals surface area contributed by atoms with Crippen molar-refractivity contribution in [1.29, 1.82) is 0 Å². The lowest BCUT2D eigenvalue weighted by molar-refractivity contribution is -0.147. The van der Waals surface area contributed by atoms with Crippen LogP contribution in [-0.2, 0) is 14.1 Å². The number of carboxylic acids is 1. The molecular weight excluding hydrogens is 371 g/mol. The van der Waals surface area contributed by atoms with Gasteiger partial charge in [-0.15, -0.1) is 0 Å². The topological polar surface area (TPSA) is 59.0 Å². The lowest BCUT2D eigenvalue weighted by atomic mass is 9.82. The molecule has 1 aromatic carbocycles. The first kappa shape index (κ1) is 20.3. The molecular formula is C19H24BClFNO4. The Bertz CT molecular complexity index is 761. The molecule has 0 unspecified atom stereocenters. The van der Waals surface area contributed by atoms with Crippen LogP contribution in [-0.4, -0.2) is 53.9 Å². The SMILES string of the molecule is CC1(C)OB(C(F)=C(CN2CC(C(=O)O)C2)c2ccccc2Cl)OC1(C)C. The zero-order chi connectivity index (χ0) is 20.0. The quantitative estimate of drug-likeness (QED) is 0.771. The second kappa shape index (κ2) is 7.20. The van der Waals surface area contributed by atoms with Crippen molar-refractivity contribution < 1.29 is 23.6 Å². The van der Waals surface area contributed by atoms with Crippen molar-refractivity contribution in [2.24, 2.45) is 5.92 Å². The Morgan fingerprint density at radius 3 is 2.33 bits per heavy atom. The molecule has 2 aliphatic heterocycles. The molecule has 2 fully saturated rings. The maximum Gasteiger partial charge on any atom is 0.525 e. The number of hydrogen-bond donors (Lipinski definition) is 1. The Labute approximate surface area is 164 Å². The van der Waals surface area contributed by atoms with Crippen LogP contribution in [0.5, 0.6) is 0 Å². The molecule has 0 aromatic heterocycles. The molecule has 146 valence electrons. The van der Waals surface area contributed by atoms with E-state index in [1.54, 1.807) is 24.3 Å². The van der Waals surface area contributed by atoms with Crippen LogP contribution in [0.3, 0.4) is 0 Å². The third kappa shape index (κ3) is 3.92. The Hall–Kier alpha value is -1.41. The molecule has 3 rings (SSSR count). The molecule has 1 N–H and O–H groups in total. The number of hydrogen-bond acceptors (Lipinski definition) is 4. The minimum absolute atomic E-state index is 0.240. The molecule has 0 spiro atoms.